The van der Waals surface area contributed by atoms with Gasteiger partial charge in [0.15, 0.2) is 0 Å². The van der Waals surface area contributed by atoms with E-state index >= 15 is 0 Å². The molecule has 0 atom stereocenters. The van der Waals surface area contributed by atoms with E-state index in [0.717, 1.165) is 52.1 Å². The van der Waals surface area contributed by atoms with Gasteiger partial charge in [0, 0.05) is 50.6 Å². The molecular weight excluding hydrogens is 398 g/mol. The maximum atomic E-state index is 9.73. The molecule has 1 aromatic carbocycles. The van der Waals surface area contributed by atoms with Crippen LogP contribution in [-0.2, 0) is 18.9 Å². The van der Waals surface area contributed by atoms with Gasteiger partial charge in [-0.25, -0.2) is 0 Å². The second-order valence-corrected chi connectivity index (χ2v) is 7.92. The highest BCUT2D eigenvalue weighted by Gasteiger charge is 2.17. The monoisotopic (exact) mass is 437 g/mol. The number of nitrogens with one attached hydrogen (secondary N) is 1. The second kappa shape index (κ2) is 14.6. The summed E-state index contributed by atoms with van der Waals surface area (Å²) in [6, 6.07) is 8.70. The van der Waals surface area contributed by atoms with Gasteiger partial charge in [0.25, 0.3) is 0 Å². The van der Waals surface area contributed by atoms with E-state index in [4.69, 9.17) is 18.9 Å². The van der Waals surface area contributed by atoms with E-state index in [1.165, 1.54) is 11.4 Å². The Kier molecular flexibility index (Phi) is 11.4. The number of piperidine rings is 1. The van der Waals surface area contributed by atoms with Gasteiger partial charge >= 0.3 is 0 Å². The molecule has 2 aliphatic rings. The summed E-state index contributed by atoms with van der Waals surface area (Å²) in [5, 5.41) is 13.0. The Bertz CT molecular complexity index is 563. The molecule has 2 saturated heterocycles. The van der Waals surface area contributed by atoms with Crippen LogP contribution >= 0.6 is 0 Å². The summed E-state index contributed by atoms with van der Waals surface area (Å²) >= 11 is 0. The Labute approximate surface area is 186 Å². The first-order valence-corrected chi connectivity index (χ1v) is 11.6. The molecule has 2 fully saturated rings. The number of ether oxygens (including phenoxy) is 4. The number of benzene rings is 1. The summed E-state index contributed by atoms with van der Waals surface area (Å²) in [5.74, 6) is 0. The van der Waals surface area contributed by atoms with Crippen LogP contribution in [0.5, 0.6) is 0 Å². The molecule has 2 aliphatic heterocycles. The quantitative estimate of drug-likeness (QED) is 0.713. The van der Waals surface area contributed by atoms with E-state index in [1.54, 1.807) is 0 Å². The predicted octanol–water partition coefficient (Wildman–Crippen LogP) is 1.12. The fourth-order valence-corrected chi connectivity index (χ4v) is 3.78. The molecule has 0 bridgehead atoms. The van der Waals surface area contributed by atoms with Crippen molar-refractivity contribution in [2.45, 2.75) is 18.9 Å². The third-order valence-corrected chi connectivity index (χ3v) is 5.65. The molecule has 0 amide bonds. The third kappa shape index (κ3) is 9.31. The van der Waals surface area contributed by atoms with Crippen LogP contribution in [0.4, 0.5) is 11.4 Å². The normalized spacial score (nSPS) is 22.6. The van der Waals surface area contributed by atoms with Crippen LogP contribution in [0.25, 0.3) is 0 Å². The zero-order valence-electron chi connectivity index (χ0n) is 18.7. The molecule has 0 unspecified atom stereocenters. The second-order valence-electron chi connectivity index (χ2n) is 7.92. The molecule has 0 saturated carbocycles. The van der Waals surface area contributed by atoms with E-state index < -0.39 is 0 Å². The maximum absolute atomic E-state index is 9.73. The van der Waals surface area contributed by atoms with Crippen LogP contribution in [0.1, 0.15) is 12.8 Å². The van der Waals surface area contributed by atoms with Crippen LogP contribution < -0.4 is 15.1 Å². The van der Waals surface area contributed by atoms with Crippen LogP contribution in [0, 0.1) is 0 Å². The minimum Gasteiger partial charge on any atom is -0.393 e. The lowest BCUT2D eigenvalue weighted by Gasteiger charge is -2.32. The molecule has 176 valence electrons. The largest absolute Gasteiger partial charge is 0.393 e. The van der Waals surface area contributed by atoms with Crippen molar-refractivity contribution in [1.29, 1.82) is 0 Å². The molecule has 1 aromatic rings. The first-order chi connectivity index (χ1) is 15.3. The Morgan fingerprint density at radius 1 is 0.613 bits per heavy atom. The Morgan fingerprint density at radius 2 is 1.03 bits per heavy atom. The molecule has 0 aromatic heterocycles. The third-order valence-electron chi connectivity index (χ3n) is 5.65. The van der Waals surface area contributed by atoms with Gasteiger partial charge in [-0.05, 0) is 37.1 Å². The Balaban J connectivity index is 1.50. The molecule has 0 spiro atoms. The van der Waals surface area contributed by atoms with Crippen molar-refractivity contribution in [1.82, 2.24) is 5.32 Å². The van der Waals surface area contributed by atoms with E-state index in [2.05, 4.69) is 39.4 Å². The van der Waals surface area contributed by atoms with E-state index in [0.29, 0.717) is 52.9 Å². The van der Waals surface area contributed by atoms with Gasteiger partial charge in [-0.1, -0.05) is 0 Å². The molecule has 8 heteroatoms. The Hall–Kier alpha value is -1.42. The fourth-order valence-electron chi connectivity index (χ4n) is 3.78. The van der Waals surface area contributed by atoms with Crippen molar-refractivity contribution in [3.05, 3.63) is 24.3 Å². The smallest absolute Gasteiger partial charge is 0.0701 e. The molecule has 31 heavy (non-hydrogen) atoms. The fraction of sp³-hybridized carbons (Fsp3) is 0.739. The standard InChI is InChI=1S/C23H39N3O5/c27-23-5-9-25(10-6-23)21-1-3-22(4-2-21)26-11-15-30-19-17-28-13-7-24-8-14-29-18-20-31-16-12-26/h1-4,23-24,27H,5-20H2. The number of anilines is 2. The zero-order valence-corrected chi connectivity index (χ0v) is 18.7. The molecule has 0 aliphatic carbocycles. The van der Waals surface area contributed by atoms with Gasteiger partial charge < -0.3 is 39.2 Å². The zero-order chi connectivity index (χ0) is 21.6. The van der Waals surface area contributed by atoms with Gasteiger partial charge in [0.2, 0.25) is 0 Å². The summed E-state index contributed by atoms with van der Waals surface area (Å²) in [7, 11) is 0. The molecule has 2 heterocycles. The summed E-state index contributed by atoms with van der Waals surface area (Å²) in [6.07, 6.45) is 1.53. The molecule has 8 nitrogen and oxygen atoms in total. The van der Waals surface area contributed by atoms with Crippen LogP contribution in [0.2, 0.25) is 0 Å². The van der Waals surface area contributed by atoms with Crippen LogP contribution in [-0.4, -0.2) is 103 Å². The summed E-state index contributed by atoms with van der Waals surface area (Å²) in [5.41, 5.74) is 2.38. The van der Waals surface area contributed by atoms with Gasteiger partial charge in [0.05, 0.1) is 59.0 Å². The van der Waals surface area contributed by atoms with E-state index in [9.17, 15) is 5.11 Å². The average Bonchev–Trinajstić information content (AvgIpc) is 2.80. The highest BCUT2D eigenvalue weighted by molar-refractivity contribution is 5.56. The predicted molar refractivity (Wildman–Crippen MR) is 122 cm³/mol. The Morgan fingerprint density at radius 3 is 1.52 bits per heavy atom. The molecular formula is C23H39N3O5. The molecule has 0 radical (unpaired) electrons. The topological polar surface area (TPSA) is 75.7 Å². The van der Waals surface area contributed by atoms with Crippen molar-refractivity contribution in [3.8, 4) is 0 Å². The number of rotatable bonds is 2. The van der Waals surface area contributed by atoms with Gasteiger partial charge in [-0.3, -0.25) is 0 Å². The van der Waals surface area contributed by atoms with E-state index in [-0.39, 0.29) is 6.10 Å². The lowest BCUT2D eigenvalue weighted by Crippen LogP contribution is -2.36. The summed E-state index contributed by atoms with van der Waals surface area (Å²) in [6.45, 7) is 10.2. The van der Waals surface area contributed by atoms with Crippen molar-refractivity contribution in [2.24, 2.45) is 0 Å². The van der Waals surface area contributed by atoms with Crippen molar-refractivity contribution in [2.75, 3.05) is 102 Å². The van der Waals surface area contributed by atoms with Crippen molar-refractivity contribution < 1.29 is 24.1 Å². The lowest BCUT2D eigenvalue weighted by molar-refractivity contribution is 0.0409. The molecule has 2 N–H and O–H groups in total. The van der Waals surface area contributed by atoms with Crippen molar-refractivity contribution in [3.63, 3.8) is 0 Å². The summed E-state index contributed by atoms with van der Waals surface area (Å²) in [4.78, 5) is 4.65. The highest BCUT2D eigenvalue weighted by Crippen LogP contribution is 2.23. The first kappa shape index (κ1) is 24.2. The minimum atomic E-state index is -0.152. The van der Waals surface area contributed by atoms with Crippen molar-refractivity contribution >= 4 is 11.4 Å². The van der Waals surface area contributed by atoms with Gasteiger partial charge in [0.1, 0.15) is 0 Å². The lowest BCUT2D eigenvalue weighted by atomic mass is 10.1. The minimum absolute atomic E-state index is 0.152. The number of aliphatic hydroxyl groups is 1. The van der Waals surface area contributed by atoms with E-state index in [1.807, 2.05) is 0 Å². The van der Waals surface area contributed by atoms with Gasteiger partial charge in [-0.15, -0.1) is 0 Å². The van der Waals surface area contributed by atoms with Crippen LogP contribution in [0.15, 0.2) is 24.3 Å². The average molecular weight is 438 g/mol. The summed E-state index contributed by atoms with van der Waals surface area (Å²) < 4.78 is 22.7. The number of aliphatic hydroxyl groups excluding tert-OH is 1. The number of nitrogens with zero attached hydrogens (tertiary/aromatic N) is 2. The molecule has 3 rings (SSSR count). The van der Waals surface area contributed by atoms with Gasteiger partial charge in [-0.2, -0.15) is 0 Å². The maximum Gasteiger partial charge on any atom is 0.0701 e. The number of hydrogen-bond donors (Lipinski definition) is 2. The highest BCUT2D eigenvalue weighted by atomic mass is 16.5. The van der Waals surface area contributed by atoms with Crippen LogP contribution in [0.3, 0.4) is 0 Å². The SMILES string of the molecule is OC1CCN(c2ccc(N3CCOCCOCCNCCOCCOCC3)cc2)CC1. The number of hydrogen-bond acceptors (Lipinski definition) is 8. The first-order valence-electron chi connectivity index (χ1n) is 11.6.